The van der Waals surface area contributed by atoms with Gasteiger partial charge >= 0.3 is 6.03 Å². The van der Waals surface area contributed by atoms with Crippen molar-refractivity contribution in [3.05, 3.63) is 29.8 Å². The molecule has 0 atom stereocenters. The van der Waals surface area contributed by atoms with Crippen molar-refractivity contribution in [3.63, 3.8) is 0 Å². The second-order valence-corrected chi connectivity index (χ2v) is 3.76. The van der Waals surface area contributed by atoms with Crippen LogP contribution in [-0.4, -0.2) is 31.0 Å². The minimum absolute atomic E-state index is 0.0701. The highest BCUT2D eigenvalue weighted by molar-refractivity contribution is 5.73. The standard InChI is InChI=1S/C13H20N2O3/c1-2-11-6-3-4-7-12(11)18-10-15-13(17)14-8-5-9-16/h3-4,6-7,16H,2,5,8-10H2,1H3,(H2,14,15,17). The number of nitrogens with one attached hydrogen (secondary N) is 2. The van der Waals surface area contributed by atoms with Gasteiger partial charge in [0.2, 0.25) is 0 Å². The second kappa shape index (κ2) is 8.36. The molecule has 100 valence electrons. The molecule has 0 aromatic heterocycles. The van der Waals surface area contributed by atoms with Crippen LogP contribution in [0.25, 0.3) is 0 Å². The molecule has 18 heavy (non-hydrogen) atoms. The molecule has 0 unspecified atom stereocenters. The Balaban J connectivity index is 2.26. The van der Waals surface area contributed by atoms with Crippen LogP contribution in [0.5, 0.6) is 5.75 Å². The van der Waals surface area contributed by atoms with E-state index in [4.69, 9.17) is 9.84 Å². The molecule has 0 fully saturated rings. The Morgan fingerprint density at radius 3 is 2.83 bits per heavy atom. The molecule has 2 amide bonds. The molecule has 0 aliphatic heterocycles. The van der Waals surface area contributed by atoms with Crippen molar-refractivity contribution in [1.29, 1.82) is 0 Å². The number of hydrogen-bond acceptors (Lipinski definition) is 3. The van der Waals surface area contributed by atoms with Gasteiger partial charge in [0, 0.05) is 13.2 Å². The monoisotopic (exact) mass is 252 g/mol. The molecule has 5 nitrogen and oxygen atoms in total. The summed E-state index contributed by atoms with van der Waals surface area (Å²) in [4.78, 5) is 11.3. The van der Waals surface area contributed by atoms with Gasteiger partial charge in [0.1, 0.15) is 5.75 Å². The second-order valence-electron chi connectivity index (χ2n) is 3.76. The molecular formula is C13H20N2O3. The first-order valence-electron chi connectivity index (χ1n) is 6.11. The van der Waals surface area contributed by atoms with Crippen molar-refractivity contribution in [2.75, 3.05) is 19.9 Å². The van der Waals surface area contributed by atoms with E-state index in [2.05, 4.69) is 17.6 Å². The van der Waals surface area contributed by atoms with Gasteiger partial charge in [-0.05, 0) is 24.5 Å². The number of aryl methyl sites for hydroxylation is 1. The number of carbonyl (C=O) groups excluding carboxylic acids is 1. The van der Waals surface area contributed by atoms with Gasteiger partial charge in [0.15, 0.2) is 6.73 Å². The number of hydrogen-bond donors (Lipinski definition) is 3. The minimum Gasteiger partial charge on any atom is -0.473 e. The minimum atomic E-state index is -0.294. The lowest BCUT2D eigenvalue weighted by Crippen LogP contribution is -2.38. The van der Waals surface area contributed by atoms with Crippen LogP contribution in [-0.2, 0) is 6.42 Å². The van der Waals surface area contributed by atoms with Gasteiger partial charge in [-0.3, -0.25) is 0 Å². The molecule has 0 saturated heterocycles. The van der Waals surface area contributed by atoms with E-state index in [1.165, 1.54) is 0 Å². The van der Waals surface area contributed by atoms with Crippen molar-refractivity contribution in [1.82, 2.24) is 10.6 Å². The third kappa shape index (κ3) is 5.05. The first kappa shape index (κ1) is 14.3. The number of amides is 2. The smallest absolute Gasteiger partial charge is 0.317 e. The maximum Gasteiger partial charge on any atom is 0.317 e. The molecule has 0 aliphatic rings. The lowest BCUT2D eigenvalue weighted by Gasteiger charge is -2.11. The molecule has 0 spiro atoms. The molecule has 5 heteroatoms. The zero-order valence-electron chi connectivity index (χ0n) is 10.6. The van der Waals surface area contributed by atoms with Crippen molar-refractivity contribution < 1.29 is 14.6 Å². The highest BCUT2D eigenvalue weighted by Crippen LogP contribution is 2.17. The quantitative estimate of drug-likeness (QED) is 0.505. The van der Waals surface area contributed by atoms with Crippen molar-refractivity contribution >= 4 is 6.03 Å². The first-order valence-corrected chi connectivity index (χ1v) is 6.11. The van der Waals surface area contributed by atoms with E-state index in [9.17, 15) is 4.79 Å². The van der Waals surface area contributed by atoms with Crippen LogP contribution in [0.4, 0.5) is 4.79 Å². The molecule has 1 aromatic carbocycles. The Bertz CT molecular complexity index is 369. The van der Waals surface area contributed by atoms with Crippen molar-refractivity contribution in [2.45, 2.75) is 19.8 Å². The van der Waals surface area contributed by atoms with Crippen LogP contribution in [0, 0.1) is 0 Å². The van der Waals surface area contributed by atoms with Crippen molar-refractivity contribution in [2.24, 2.45) is 0 Å². The Labute approximate surface area is 107 Å². The Morgan fingerprint density at radius 2 is 2.11 bits per heavy atom. The van der Waals surface area contributed by atoms with E-state index in [0.717, 1.165) is 17.7 Å². The molecule has 0 saturated carbocycles. The average Bonchev–Trinajstić information content (AvgIpc) is 2.39. The summed E-state index contributed by atoms with van der Waals surface area (Å²) >= 11 is 0. The molecule has 0 aliphatic carbocycles. The Morgan fingerprint density at radius 1 is 1.33 bits per heavy atom. The number of aliphatic hydroxyl groups is 1. The van der Waals surface area contributed by atoms with E-state index in [-0.39, 0.29) is 19.4 Å². The van der Waals surface area contributed by atoms with Crippen molar-refractivity contribution in [3.8, 4) is 5.75 Å². The number of benzene rings is 1. The van der Waals surface area contributed by atoms with E-state index in [1.54, 1.807) is 0 Å². The fourth-order valence-electron chi connectivity index (χ4n) is 1.46. The van der Waals surface area contributed by atoms with Crippen LogP contribution in [0.1, 0.15) is 18.9 Å². The van der Waals surface area contributed by atoms with Crippen LogP contribution in [0.3, 0.4) is 0 Å². The topological polar surface area (TPSA) is 70.6 Å². The number of urea groups is 1. The largest absolute Gasteiger partial charge is 0.473 e. The highest BCUT2D eigenvalue weighted by atomic mass is 16.5. The van der Waals surface area contributed by atoms with Crippen LogP contribution < -0.4 is 15.4 Å². The third-order valence-corrected chi connectivity index (χ3v) is 2.43. The maximum absolute atomic E-state index is 11.3. The molecule has 0 bridgehead atoms. The zero-order chi connectivity index (χ0) is 13.2. The number of rotatable bonds is 7. The number of ether oxygens (including phenoxy) is 1. The van der Waals surface area contributed by atoms with Gasteiger partial charge < -0.3 is 20.5 Å². The number of carbonyl (C=O) groups is 1. The summed E-state index contributed by atoms with van der Waals surface area (Å²) in [5.74, 6) is 0.788. The molecule has 1 aromatic rings. The molecule has 0 radical (unpaired) electrons. The normalized spacial score (nSPS) is 9.89. The van der Waals surface area contributed by atoms with Gasteiger partial charge in [-0.25, -0.2) is 4.79 Å². The molecule has 1 rings (SSSR count). The van der Waals surface area contributed by atoms with Gasteiger partial charge in [0.05, 0.1) is 0 Å². The maximum atomic E-state index is 11.3. The van der Waals surface area contributed by atoms with E-state index >= 15 is 0 Å². The summed E-state index contributed by atoms with van der Waals surface area (Å²) in [7, 11) is 0. The van der Waals surface area contributed by atoms with E-state index in [1.807, 2.05) is 24.3 Å². The lowest BCUT2D eigenvalue weighted by molar-refractivity contribution is 0.222. The summed E-state index contributed by atoms with van der Waals surface area (Å²) < 4.78 is 5.48. The Hall–Kier alpha value is -1.75. The highest BCUT2D eigenvalue weighted by Gasteiger charge is 2.02. The molecular weight excluding hydrogens is 232 g/mol. The SMILES string of the molecule is CCc1ccccc1OCNC(=O)NCCCO. The van der Waals surface area contributed by atoms with Gasteiger partial charge in [-0.2, -0.15) is 0 Å². The van der Waals surface area contributed by atoms with Gasteiger partial charge in [0.25, 0.3) is 0 Å². The summed E-state index contributed by atoms with van der Waals surface area (Å²) in [6.45, 7) is 2.70. The number of para-hydroxylation sites is 1. The Kier molecular flexibility index (Phi) is 6.64. The van der Waals surface area contributed by atoms with Crippen LogP contribution in [0.15, 0.2) is 24.3 Å². The summed E-state index contributed by atoms with van der Waals surface area (Å²) in [6, 6.07) is 7.44. The van der Waals surface area contributed by atoms with E-state index < -0.39 is 0 Å². The summed E-state index contributed by atoms with van der Waals surface area (Å²) in [6.07, 6.45) is 1.44. The van der Waals surface area contributed by atoms with E-state index in [0.29, 0.717) is 13.0 Å². The third-order valence-electron chi connectivity index (χ3n) is 2.43. The van der Waals surface area contributed by atoms with Crippen LogP contribution in [0.2, 0.25) is 0 Å². The zero-order valence-corrected chi connectivity index (χ0v) is 10.6. The molecule has 3 N–H and O–H groups in total. The molecule has 0 heterocycles. The van der Waals surface area contributed by atoms with Gasteiger partial charge in [-0.15, -0.1) is 0 Å². The summed E-state index contributed by atoms with van der Waals surface area (Å²) in [5, 5.41) is 13.8. The first-order chi connectivity index (χ1) is 8.77. The summed E-state index contributed by atoms with van der Waals surface area (Å²) in [5.41, 5.74) is 1.11. The fraction of sp³-hybridized carbons (Fsp3) is 0.462. The predicted molar refractivity (Wildman–Crippen MR) is 69.6 cm³/mol. The average molecular weight is 252 g/mol. The van der Waals surface area contributed by atoms with Crippen LogP contribution >= 0.6 is 0 Å². The van der Waals surface area contributed by atoms with Gasteiger partial charge in [-0.1, -0.05) is 25.1 Å². The number of aliphatic hydroxyl groups excluding tert-OH is 1. The lowest BCUT2D eigenvalue weighted by atomic mass is 10.1. The predicted octanol–water partition coefficient (Wildman–Crippen LogP) is 1.27. The fourth-order valence-corrected chi connectivity index (χ4v) is 1.46.